The van der Waals surface area contributed by atoms with Crippen LogP contribution in [0, 0.1) is 0 Å². The zero-order chi connectivity index (χ0) is 22.3. The Bertz CT molecular complexity index is 1260. The summed E-state index contributed by atoms with van der Waals surface area (Å²) in [7, 11) is 1.60. The fourth-order valence-electron chi connectivity index (χ4n) is 4.00. The van der Waals surface area contributed by atoms with Crippen molar-refractivity contribution in [1.82, 2.24) is 15.0 Å². The number of anilines is 1. The highest BCUT2D eigenvalue weighted by Crippen LogP contribution is 2.35. The summed E-state index contributed by atoms with van der Waals surface area (Å²) in [4.78, 5) is 14.0. The molecule has 0 amide bonds. The number of hydrogen-bond donors (Lipinski definition) is 1. The second-order valence-electron chi connectivity index (χ2n) is 7.96. The van der Waals surface area contributed by atoms with Gasteiger partial charge in [-0.2, -0.15) is 0 Å². The van der Waals surface area contributed by atoms with Gasteiger partial charge in [0, 0.05) is 71.6 Å². The van der Waals surface area contributed by atoms with Gasteiger partial charge >= 0.3 is 0 Å². The molecule has 0 atom stereocenters. The van der Waals surface area contributed by atoms with E-state index in [1.807, 2.05) is 41.3 Å². The van der Waals surface area contributed by atoms with E-state index in [2.05, 4.69) is 15.0 Å². The second kappa shape index (κ2) is 8.06. The van der Waals surface area contributed by atoms with Gasteiger partial charge in [0.2, 0.25) is 0 Å². The van der Waals surface area contributed by atoms with Gasteiger partial charge in [-0.3, -0.25) is 4.98 Å². The van der Waals surface area contributed by atoms with Crippen LogP contribution in [0.15, 0.2) is 55.0 Å². The molecule has 4 heterocycles. The Kier molecular flexibility index (Phi) is 5.21. The molecule has 1 aromatic carbocycles. The lowest BCUT2D eigenvalue weighted by Crippen LogP contribution is -2.39. The molecule has 3 aromatic heterocycles. The maximum absolute atomic E-state index is 13.4. The molecule has 1 aliphatic rings. The van der Waals surface area contributed by atoms with Gasteiger partial charge in [0.05, 0.1) is 18.3 Å². The highest BCUT2D eigenvalue weighted by Gasteiger charge is 2.34. The van der Waals surface area contributed by atoms with Gasteiger partial charge in [-0.25, -0.2) is 13.8 Å². The predicted octanol–water partition coefficient (Wildman–Crippen LogP) is 6.19. The van der Waals surface area contributed by atoms with Crippen molar-refractivity contribution in [2.45, 2.75) is 18.8 Å². The highest BCUT2D eigenvalue weighted by molar-refractivity contribution is 6.34. The predicted molar refractivity (Wildman–Crippen MR) is 123 cm³/mol. The molecule has 164 valence electrons. The zero-order valence-corrected chi connectivity index (χ0v) is 18.2. The van der Waals surface area contributed by atoms with Crippen LogP contribution in [0.3, 0.4) is 0 Å². The fraction of sp³-hybridized carbons (Fsp3) is 0.250. The lowest BCUT2D eigenvalue weighted by atomic mass is 10.1. The molecule has 32 heavy (non-hydrogen) atoms. The number of piperidine rings is 1. The molecule has 1 aliphatic heterocycles. The monoisotopic (exact) mass is 454 g/mol. The molecule has 0 saturated carbocycles. The van der Waals surface area contributed by atoms with E-state index in [-0.39, 0.29) is 12.8 Å². The number of methoxy groups -OCH3 is 1. The first-order chi connectivity index (χ1) is 15.4. The Balaban J connectivity index is 1.42. The van der Waals surface area contributed by atoms with Crippen molar-refractivity contribution in [1.29, 1.82) is 0 Å². The van der Waals surface area contributed by atoms with Gasteiger partial charge in [0.1, 0.15) is 11.6 Å². The largest absolute Gasteiger partial charge is 0.495 e. The number of halogens is 3. The summed E-state index contributed by atoms with van der Waals surface area (Å²) >= 11 is 6.56. The number of nitrogens with zero attached hydrogens (tertiary/aromatic N) is 3. The molecule has 1 saturated heterocycles. The Hall–Kier alpha value is -3.19. The average Bonchev–Trinajstić information content (AvgIpc) is 3.21. The van der Waals surface area contributed by atoms with Crippen LogP contribution in [0.2, 0.25) is 5.02 Å². The quantitative estimate of drug-likeness (QED) is 0.399. The Labute approximate surface area is 189 Å². The van der Waals surface area contributed by atoms with Gasteiger partial charge in [0.15, 0.2) is 0 Å². The van der Waals surface area contributed by atoms with Gasteiger partial charge in [-0.1, -0.05) is 11.6 Å². The first-order valence-corrected chi connectivity index (χ1v) is 10.7. The van der Waals surface area contributed by atoms with Crippen LogP contribution >= 0.6 is 11.6 Å². The normalized spacial score (nSPS) is 15.8. The van der Waals surface area contributed by atoms with E-state index >= 15 is 0 Å². The number of fused-ring (bicyclic) bond motifs is 1. The number of benzene rings is 1. The van der Waals surface area contributed by atoms with Crippen LogP contribution in [-0.4, -0.2) is 41.1 Å². The van der Waals surface area contributed by atoms with Crippen LogP contribution in [0.5, 0.6) is 5.75 Å². The molecule has 1 fully saturated rings. The van der Waals surface area contributed by atoms with E-state index in [9.17, 15) is 8.78 Å². The molecule has 4 aromatic rings. The summed E-state index contributed by atoms with van der Waals surface area (Å²) in [6, 6.07) is 11.7. The van der Waals surface area contributed by atoms with Crippen molar-refractivity contribution in [2.24, 2.45) is 0 Å². The smallest absolute Gasteiger partial charge is 0.251 e. The number of hydrogen-bond acceptors (Lipinski definition) is 4. The van der Waals surface area contributed by atoms with E-state index in [0.29, 0.717) is 23.9 Å². The third kappa shape index (κ3) is 4.00. The Morgan fingerprint density at radius 3 is 2.56 bits per heavy atom. The highest BCUT2D eigenvalue weighted by atomic mass is 35.5. The van der Waals surface area contributed by atoms with Gasteiger partial charge < -0.3 is 14.6 Å². The number of alkyl halides is 2. The first kappa shape index (κ1) is 20.7. The van der Waals surface area contributed by atoms with Crippen LogP contribution in [0.4, 0.5) is 14.6 Å². The molecule has 0 radical (unpaired) electrons. The Morgan fingerprint density at radius 1 is 1.03 bits per heavy atom. The number of aromatic amines is 1. The van der Waals surface area contributed by atoms with Crippen molar-refractivity contribution in [2.75, 3.05) is 25.1 Å². The van der Waals surface area contributed by atoms with Crippen molar-refractivity contribution in [3.8, 4) is 28.1 Å². The minimum absolute atomic E-state index is 0.135. The second-order valence-corrected chi connectivity index (χ2v) is 8.37. The van der Waals surface area contributed by atoms with E-state index in [1.54, 1.807) is 25.7 Å². The van der Waals surface area contributed by atoms with Gasteiger partial charge in [0.25, 0.3) is 5.92 Å². The topological polar surface area (TPSA) is 54.0 Å². The van der Waals surface area contributed by atoms with Crippen molar-refractivity contribution in [3.05, 3.63) is 60.0 Å². The fourth-order valence-corrected chi connectivity index (χ4v) is 4.28. The maximum atomic E-state index is 13.4. The van der Waals surface area contributed by atoms with Gasteiger partial charge in [-0.15, -0.1) is 0 Å². The number of H-pyrrole nitrogens is 1. The molecule has 0 unspecified atom stereocenters. The molecule has 0 bridgehead atoms. The summed E-state index contributed by atoms with van der Waals surface area (Å²) in [5, 5.41) is 1.61. The minimum atomic E-state index is -2.57. The Morgan fingerprint density at radius 2 is 1.84 bits per heavy atom. The number of nitrogens with one attached hydrogen (secondary N) is 1. The molecule has 5 nitrogen and oxygen atoms in total. The lowest BCUT2D eigenvalue weighted by Gasteiger charge is -2.32. The van der Waals surface area contributed by atoms with Crippen molar-refractivity contribution < 1.29 is 13.5 Å². The molecular weight excluding hydrogens is 434 g/mol. The number of ether oxygens (including phenoxy) is 1. The summed E-state index contributed by atoms with van der Waals surface area (Å²) in [5.41, 5.74) is 4.46. The summed E-state index contributed by atoms with van der Waals surface area (Å²) in [6.45, 7) is 0.623. The van der Waals surface area contributed by atoms with Gasteiger partial charge in [-0.05, 0) is 36.4 Å². The van der Waals surface area contributed by atoms with Crippen LogP contribution < -0.4 is 9.64 Å². The lowest BCUT2D eigenvalue weighted by molar-refractivity contribution is -0.0221. The third-order valence-corrected chi connectivity index (χ3v) is 6.16. The molecule has 8 heteroatoms. The van der Waals surface area contributed by atoms with E-state index < -0.39 is 5.92 Å². The molecule has 0 spiro atoms. The average molecular weight is 455 g/mol. The number of aromatic nitrogens is 3. The number of rotatable bonds is 4. The zero-order valence-electron chi connectivity index (χ0n) is 17.4. The summed E-state index contributed by atoms with van der Waals surface area (Å²) < 4.78 is 32.1. The molecule has 5 rings (SSSR count). The summed E-state index contributed by atoms with van der Waals surface area (Å²) in [5.74, 6) is -1.18. The third-order valence-electron chi connectivity index (χ3n) is 5.85. The SMILES string of the molecule is COc1cncc(-c2cc3cc(-c4ccc(N5CCC(F)(F)CC5)nc4)[nH]c3cc2Cl)c1. The standard InChI is InChI=1S/C24H21ClF2N4O/c1-32-18-8-17(12-28-14-18)19-9-16-10-21(30-22(16)11-20(19)25)15-2-3-23(29-13-15)31-6-4-24(26,27)5-7-31/h2-3,8-14,30H,4-7H2,1H3. The van der Waals surface area contributed by atoms with Crippen LogP contribution in [0.25, 0.3) is 33.3 Å². The number of pyridine rings is 2. The maximum Gasteiger partial charge on any atom is 0.251 e. The summed E-state index contributed by atoms with van der Waals surface area (Å²) in [6.07, 6.45) is 4.90. The van der Waals surface area contributed by atoms with E-state index in [1.165, 1.54) is 0 Å². The van der Waals surface area contributed by atoms with Crippen LogP contribution in [0.1, 0.15) is 12.8 Å². The van der Waals surface area contributed by atoms with E-state index in [0.717, 1.165) is 39.1 Å². The van der Waals surface area contributed by atoms with Crippen molar-refractivity contribution >= 4 is 28.3 Å². The minimum Gasteiger partial charge on any atom is -0.495 e. The molecule has 0 aliphatic carbocycles. The van der Waals surface area contributed by atoms with Crippen LogP contribution in [-0.2, 0) is 0 Å². The van der Waals surface area contributed by atoms with Crippen molar-refractivity contribution in [3.63, 3.8) is 0 Å². The first-order valence-electron chi connectivity index (χ1n) is 10.3. The molecular formula is C24H21ClF2N4O. The molecule has 1 N–H and O–H groups in total. The van der Waals surface area contributed by atoms with E-state index in [4.69, 9.17) is 16.3 Å².